The van der Waals surface area contributed by atoms with Gasteiger partial charge in [0.05, 0.1) is 10.5 Å². The topological polar surface area (TPSA) is 65.3 Å². The first-order valence-electron chi connectivity index (χ1n) is 3.89. The minimum absolute atomic E-state index is 0.0972. The van der Waals surface area contributed by atoms with Crippen molar-refractivity contribution in [3.8, 4) is 5.75 Å². The smallest absolute Gasteiger partial charge is 0.402 e. The van der Waals surface area contributed by atoms with Crippen LogP contribution in [-0.4, -0.2) is 16.3 Å². The Balaban J connectivity index is 3.35. The van der Waals surface area contributed by atoms with E-state index in [1.807, 2.05) is 0 Å². The van der Waals surface area contributed by atoms with Gasteiger partial charge in [-0.2, -0.15) is 0 Å². The van der Waals surface area contributed by atoms with Crippen LogP contribution in [0.5, 0.6) is 5.75 Å². The molecule has 17 heavy (non-hydrogen) atoms. The molecule has 0 amide bonds. The van der Waals surface area contributed by atoms with Gasteiger partial charge in [-0.3, -0.25) is 10.1 Å². The van der Waals surface area contributed by atoms with Crippen LogP contribution in [0.15, 0.2) is 6.20 Å². The van der Waals surface area contributed by atoms with Crippen LogP contribution in [0.3, 0.4) is 0 Å². The molecule has 0 unspecified atom stereocenters. The van der Waals surface area contributed by atoms with Gasteiger partial charge in [0.25, 0.3) is 5.69 Å². The van der Waals surface area contributed by atoms with Gasteiger partial charge < -0.3 is 4.74 Å². The number of hydrogen-bond acceptors (Lipinski definition) is 4. The fraction of sp³-hybridized carbons (Fsp3) is 0.286. The summed E-state index contributed by atoms with van der Waals surface area (Å²) in [4.78, 5) is 13.3. The fourth-order valence-corrected chi connectivity index (χ4v) is 2.12. The Hall–Kier alpha value is -0.650. The van der Waals surface area contributed by atoms with Gasteiger partial charge in [0.15, 0.2) is 5.75 Å². The zero-order valence-electron chi connectivity index (χ0n) is 7.79. The standard InChI is InChI=1S/C7H3BrF3IN2O3/c8-1-3-4(14(15)16)2-13-6(12)5(3)17-7(9,10)11/h2H,1H2. The minimum atomic E-state index is -4.92. The molecule has 1 heterocycles. The summed E-state index contributed by atoms with van der Waals surface area (Å²) >= 11 is 4.40. The van der Waals surface area contributed by atoms with E-state index in [1.165, 1.54) is 22.6 Å². The van der Waals surface area contributed by atoms with E-state index in [0.717, 1.165) is 6.20 Å². The number of halogens is 5. The van der Waals surface area contributed by atoms with E-state index in [1.54, 1.807) is 0 Å². The summed E-state index contributed by atoms with van der Waals surface area (Å²) in [5, 5.41) is 10.5. The Morgan fingerprint density at radius 1 is 1.59 bits per heavy atom. The van der Waals surface area contributed by atoms with Gasteiger partial charge in [-0.25, -0.2) is 4.98 Å². The molecule has 1 aromatic rings. The van der Waals surface area contributed by atoms with E-state index in [0.29, 0.717) is 0 Å². The summed E-state index contributed by atoms with van der Waals surface area (Å²) in [7, 11) is 0. The highest BCUT2D eigenvalue weighted by Crippen LogP contribution is 2.36. The highest BCUT2D eigenvalue weighted by molar-refractivity contribution is 14.1. The van der Waals surface area contributed by atoms with Gasteiger partial charge in [0, 0.05) is 5.33 Å². The average Bonchev–Trinajstić information content (AvgIpc) is 2.18. The van der Waals surface area contributed by atoms with Gasteiger partial charge in [-0.1, -0.05) is 15.9 Å². The van der Waals surface area contributed by atoms with E-state index in [4.69, 9.17) is 0 Å². The van der Waals surface area contributed by atoms with E-state index in [2.05, 4.69) is 25.7 Å². The first kappa shape index (κ1) is 14.4. The number of ether oxygens (including phenoxy) is 1. The van der Waals surface area contributed by atoms with Gasteiger partial charge in [-0.15, -0.1) is 13.2 Å². The van der Waals surface area contributed by atoms with Crippen molar-refractivity contribution in [2.75, 3.05) is 0 Å². The van der Waals surface area contributed by atoms with Crippen molar-refractivity contribution in [1.29, 1.82) is 0 Å². The van der Waals surface area contributed by atoms with Gasteiger partial charge in [0.1, 0.15) is 9.90 Å². The largest absolute Gasteiger partial charge is 0.573 e. The first-order valence-corrected chi connectivity index (χ1v) is 6.09. The summed E-state index contributed by atoms with van der Waals surface area (Å²) in [6, 6.07) is 0. The number of pyridine rings is 1. The maximum atomic E-state index is 12.1. The molecular formula is C7H3BrF3IN2O3. The van der Waals surface area contributed by atoms with Crippen LogP contribution >= 0.6 is 38.5 Å². The second kappa shape index (κ2) is 5.33. The van der Waals surface area contributed by atoms with Crippen LogP contribution < -0.4 is 4.74 Å². The molecular weight excluding hydrogens is 424 g/mol. The van der Waals surface area contributed by atoms with Crippen LogP contribution in [0.25, 0.3) is 0 Å². The second-order valence-corrected chi connectivity index (χ2v) is 4.26. The number of rotatable bonds is 3. The summed E-state index contributed by atoms with van der Waals surface area (Å²) in [5.41, 5.74) is -0.728. The molecule has 0 radical (unpaired) electrons. The molecule has 0 N–H and O–H groups in total. The fourth-order valence-electron chi connectivity index (χ4n) is 1.00. The normalized spacial score (nSPS) is 11.4. The van der Waals surface area contributed by atoms with Crippen LogP contribution in [-0.2, 0) is 5.33 Å². The summed E-state index contributed by atoms with van der Waals surface area (Å²) < 4.78 is 40.0. The molecule has 94 valence electrons. The summed E-state index contributed by atoms with van der Waals surface area (Å²) in [6.07, 6.45) is -4.03. The molecule has 1 rings (SSSR count). The molecule has 0 aromatic carbocycles. The Morgan fingerprint density at radius 3 is 2.59 bits per heavy atom. The predicted octanol–water partition coefficient (Wildman–Crippen LogP) is 3.39. The number of nitro groups is 1. The van der Waals surface area contributed by atoms with Crippen LogP contribution in [0.1, 0.15) is 5.56 Å². The second-order valence-electron chi connectivity index (χ2n) is 2.68. The average molecular weight is 427 g/mol. The molecule has 0 aliphatic rings. The highest BCUT2D eigenvalue weighted by Gasteiger charge is 2.35. The highest BCUT2D eigenvalue weighted by atomic mass is 127. The van der Waals surface area contributed by atoms with E-state index in [-0.39, 0.29) is 14.6 Å². The van der Waals surface area contributed by atoms with Crippen LogP contribution in [0, 0.1) is 13.8 Å². The van der Waals surface area contributed by atoms with Gasteiger partial charge >= 0.3 is 6.36 Å². The Labute approximate surface area is 115 Å². The van der Waals surface area contributed by atoms with Crippen molar-refractivity contribution >= 4 is 44.2 Å². The number of hydrogen-bond donors (Lipinski definition) is 0. The summed E-state index contributed by atoms with van der Waals surface area (Å²) in [6.45, 7) is 0. The molecule has 5 nitrogen and oxygen atoms in total. The number of alkyl halides is 4. The van der Waals surface area contributed by atoms with E-state index < -0.39 is 22.7 Å². The number of aromatic nitrogens is 1. The Morgan fingerprint density at radius 2 is 2.18 bits per heavy atom. The molecule has 0 aliphatic carbocycles. The zero-order valence-corrected chi connectivity index (χ0v) is 11.5. The van der Waals surface area contributed by atoms with Crippen molar-refractivity contribution in [2.45, 2.75) is 11.7 Å². The quantitative estimate of drug-likeness (QED) is 0.244. The lowest BCUT2D eigenvalue weighted by Gasteiger charge is -2.13. The molecule has 0 saturated carbocycles. The molecule has 0 atom stereocenters. The molecule has 1 aromatic heterocycles. The van der Waals surface area contributed by atoms with Gasteiger partial charge in [0.2, 0.25) is 0 Å². The SMILES string of the molecule is O=[N+]([O-])c1cnc(I)c(OC(F)(F)F)c1CBr. The third-order valence-electron chi connectivity index (χ3n) is 1.62. The lowest BCUT2D eigenvalue weighted by atomic mass is 10.2. The monoisotopic (exact) mass is 426 g/mol. The van der Waals surface area contributed by atoms with Gasteiger partial charge in [-0.05, 0) is 22.6 Å². The minimum Gasteiger partial charge on any atom is -0.402 e. The van der Waals surface area contributed by atoms with E-state index in [9.17, 15) is 23.3 Å². The van der Waals surface area contributed by atoms with Crippen LogP contribution in [0.2, 0.25) is 0 Å². The van der Waals surface area contributed by atoms with Crippen molar-refractivity contribution in [3.63, 3.8) is 0 Å². The zero-order chi connectivity index (χ0) is 13.2. The lowest BCUT2D eigenvalue weighted by molar-refractivity contribution is -0.386. The van der Waals surface area contributed by atoms with Crippen molar-refractivity contribution in [1.82, 2.24) is 4.98 Å². The summed E-state index contributed by atoms with van der Waals surface area (Å²) in [5.74, 6) is -0.649. The molecule has 0 spiro atoms. The van der Waals surface area contributed by atoms with Crippen molar-refractivity contribution < 1.29 is 22.8 Å². The molecule has 0 saturated heterocycles. The molecule has 0 fully saturated rings. The lowest BCUT2D eigenvalue weighted by Crippen LogP contribution is -2.19. The molecule has 10 heteroatoms. The maximum Gasteiger partial charge on any atom is 0.573 e. The first-order chi connectivity index (χ1) is 7.76. The maximum absolute atomic E-state index is 12.1. The van der Waals surface area contributed by atoms with E-state index >= 15 is 0 Å². The third kappa shape index (κ3) is 3.66. The Kier molecular flexibility index (Phi) is 4.52. The molecule has 0 aliphatic heterocycles. The third-order valence-corrected chi connectivity index (χ3v) is 2.95. The Bertz CT molecular complexity index is 455. The van der Waals surface area contributed by atoms with Crippen molar-refractivity contribution in [2.24, 2.45) is 0 Å². The van der Waals surface area contributed by atoms with Crippen LogP contribution in [0.4, 0.5) is 18.9 Å². The van der Waals surface area contributed by atoms with Crippen molar-refractivity contribution in [3.05, 3.63) is 25.6 Å². The molecule has 0 bridgehead atoms. The number of nitrogens with zero attached hydrogens (tertiary/aromatic N) is 2. The predicted molar refractivity (Wildman–Crippen MR) is 62.9 cm³/mol.